The maximum Gasteiger partial charge on any atom is 0.225 e. The third-order valence-electron chi connectivity index (χ3n) is 3.92. The first kappa shape index (κ1) is 11.0. The van der Waals surface area contributed by atoms with Gasteiger partial charge in [0.25, 0.3) is 0 Å². The SMILES string of the molecule is CC(N)Cc1cnc(N2CC3CCC2C3)nc1. The molecular formula is C13H20N4. The van der Waals surface area contributed by atoms with E-state index in [0.717, 1.165) is 30.4 Å². The first-order valence-corrected chi connectivity index (χ1v) is 6.55. The van der Waals surface area contributed by atoms with Gasteiger partial charge in [-0.15, -0.1) is 0 Å². The molecule has 92 valence electrons. The van der Waals surface area contributed by atoms with E-state index in [9.17, 15) is 0 Å². The van der Waals surface area contributed by atoms with Gasteiger partial charge in [0, 0.05) is 31.0 Å². The Labute approximate surface area is 102 Å². The van der Waals surface area contributed by atoms with E-state index >= 15 is 0 Å². The molecule has 3 unspecified atom stereocenters. The van der Waals surface area contributed by atoms with Crippen molar-refractivity contribution in [3.8, 4) is 0 Å². The van der Waals surface area contributed by atoms with Gasteiger partial charge in [0.1, 0.15) is 0 Å². The normalized spacial score (nSPS) is 28.7. The fourth-order valence-electron chi connectivity index (χ4n) is 3.14. The number of piperidine rings is 1. The number of nitrogens with zero attached hydrogens (tertiary/aromatic N) is 3. The standard InChI is InChI=1S/C13H20N4/c1-9(14)4-11-6-15-13(16-7-11)17-8-10-2-3-12(17)5-10/h6-7,9-10,12H,2-5,8,14H2,1H3. The summed E-state index contributed by atoms with van der Waals surface area (Å²) in [6, 6.07) is 0.867. The summed E-state index contributed by atoms with van der Waals surface area (Å²) in [6.45, 7) is 3.16. The van der Waals surface area contributed by atoms with E-state index in [1.165, 1.54) is 19.3 Å². The zero-order valence-electron chi connectivity index (χ0n) is 10.3. The lowest BCUT2D eigenvalue weighted by Gasteiger charge is -2.26. The molecule has 17 heavy (non-hydrogen) atoms. The highest BCUT2D eigenvalue weighted by Gasteiger charge is 2.38. The van der Waals surface area contributed by atoms with Crippen LogP contribution in [0.25, 0.3) is 0 Å². The molecule has 0 spiro atoms. The van der Waals surface area contributed by atoms with E-state index in [2.05, 4.69) is 14.9 Å². The van der Waals surface area contributed by atoms with Gasteiger partial charge in [-0.3, -0.25) is 0 Å². The van der Waals surface area contributed by atoms with Gasteiger partial charge >= 0.3 is 0 Å². The van der Waals surface area contributed by atoms with Crippen molar-refractivity contribution in [2.45, 2.75) is 44.7 Å². The first-order valence-electron chi connectivity index (χ1n) is 6.55. The molecule has 2 bridgehead atoms. The van der Waals surface area contributed by atoms with Crippen LogP contribution in [0.5, 0.6) is 0 Å². The highest BCUT2D eigenvalue weighted by atomic mass is 15.3. The number of rotatable bonds is 3. The largest absolute Gasteiger partial charge is 0.338 e. The molecule has 2 aliphatic rings. The number of anilines is 1. The summed E-state index contributed by atoms with van der Waals surface area (Å²) in [7, 11) is 0. The third kappa shape index (κ3) is 2.14. The average molecular weight is 232 g/mol. The van der Waals surface area contributed by atoms with Crippen molar-refractivity contribution in [1.29, 1.82) is 0 Å². The smallest absolute Gasteiger partial charge is 0.225 e. The minimum atomic E-state index is 0.173. The highest BCUT2D eigenvalue weighted by Crippen LogP contribution is 2.38. The van der Waals surface area contributed by atoms with Gasteiger partial charge in [0.15, 0.2) is 0 Å². The van der Waals surface area contributed by atoms with E-state index in [1.54, 1.807) is 0 Å². The lowest BCUT2D eigenvalue weighted by molar-refractivity contribution is 0.546. The summed E-state index contributed by atoms with van der Waals surface area (Å²) in [5.41, 5.74) is 6.90. The van der Waals surface area contributed by atoms with Crippen LogP contribution in [-0.4, -0.2) is 28.6 Å². The molecule has 2 fully saturated rings. The Morgan fingerprint density at radius 1 is 1.41 bits per heavy atom. The van der Waals surface area contributed by atoms with Crippen molar-refractivity contribution in [3.63, 3.8) is 0 Å². The maximum atomic E-state index is 5.77. The van der Waals surface area contributed by atoms with Crippen molar-refractivity contribution >= 4 is 5.95 Å². The van der Waals surface area contributed by atoms with Crippen molar-refractivity contribution in [3.05, 3.63) is 18.0 Å². The molecule has 1 saturated heterocycles. The molecular weight excluding hydrogens is 212 g/mol. The van der Waals surface area contributed by atoms with Crippen LogP contribution in [0, 0.1) is 5.92 Å². The minimum absolute atomic E-state index is 0.173. The molecule has 2 heterocycles. The van der Waals surface area contributed by atoms with Gasteiger partial charge in [-0.25, -0.2) is 9.97 Å². The summed E-state index contributed by atoms with van der Waals surface area (Å²) in [6.07, 6.45) is 8.76. The van der Waals surface area contributed by atoms with Crippen LogP contribution >= 0.6 is 0 Å². The molecule has 2 N–H and O–H groups in total. The van der Waals surface area contributed by atoms with E-state index in [-0.39, 0.29) is 6.04 Å². The van der Waals surface area contributed by atoms with Crippen LogP contribution in [0.4, 0.5) is 5.95 Å². The summed E-state index contributed by atoms with van der Waals surface area (Å²) in [5, 5.41) is 0. The molecule has 0 aromatic carbocycles. The topological polar surface area (TPSA) is 55.0 Å². The van der Waals surface area contributed by atoms with Crippen LogP contribution in [-0.2, 0) is 6.42 Å². The van der Waals surface area contributed by atoms with Gasteiger partial charge in [0.05, 0.1) is 0 Å². The van der Waals surface area contributed by atoms with E-state index in [0.29, 0.717) is 6.04 Å². The van der Waals surface area contributed by atoms with Crippen molar-refractivity contribution in [2.24, 2.45) is 11.7 Å². The first-order chi connectivity index (χ1) is 8.22. The molecule has 1 aliphatic heterocycles. The van der Waals surface area contributed by atoms with Gasteiger partial charge in [-0.1, -0.05) is 0 Å². The highest BCUT2D eigenvalue weighted by molar-refractivity contribution is 5.35. The lowest BCUT2D eigenvalue weighted by atomic mass is 10.1. The number of hydrogen-bond donors (Lipinski definition) is 1. The molecule has 4 nitrogen and oxygen atoms in total. The molecule has 4 heteroatoms. The molecule has 3 atom stereocenters. The van der Waals surface area contributed by atoms with Crippen LogP contribution in [0.1, 0.15) is 31.7 Å². The second-order valence-electron chi connectivity index (χ2n) is 5.56. The van der Waals surface area contributed by atoms with Crippen molar-refractivity contribution < 1.29 is 0 Å². The fourth-order valence-corrected chi connectivity index (χ4v) is 3.14. The van der Waals surface area contributed by atoms with Crippen LogP contribution in [0.3, 0.4) is 0 Å². The fraction of sp³-hybridized carbons (Fsp3) is 0.692. The lowest BCUT2D eigenvalue weighted by Crippen LogP contribution is -2.33. The number of fused-ring (bicyclic) bond motifs is 2. The summed E-state index contributed by atoms with van der Waals surface area (Å²) in [5.74, 6) is 1.79. The van der Waals surface area contributed by atoms with E-state index in [1.807, 2.05) is 19.3 Å². The second-order valence-corrected chi connectivity index (χ2v) is 5.56. The van der Waals surface area contributed by atoms with E-state index in [4.69, 9.17) is 5.73 Å². The molecule has 0 amide bonds. The van der Waals surface area contributed by atoms with Crippen molar-refractivity contribution in [2.75, 3.05) is 11.4 Å². The Bertz CT molecular complexity index is 387. The molecule has 0 radical (unpaired) electrons. The summed E-state index contributed by atoms with van der Waals surface area (Å²) >= 11 is 0. The minimum Gasteiger partial charge on any atom is -0.338 e. The zero-order chi connectivity index (χ0) is 11.8. The Hall–Kier alpha value is -1.16. The van der Waals surface area contributed by atoms with Gasteiger partial charge in [0.2, 0.25) is 5.95 Å². The van der Waals surface area contributed by atoms with Crippen LogP contribution in [0.15, 0.2) is 12.4 Å². The molecule has 1 aromatic rings. The Morgan fingerprint density at radius 3 is 2.71 bits per heavy atom. The monoisotopic (exact) mass is 232 g/mol. The second kappa shape index (κ2) is 4.26. The number of hydrogen-bond acceptors (Lipinski definition) is 4. The molecule has 3 rings (SSSR count). The predicted molar refractivity (Wildman–Crippen MR) is 67.9 cm³/mol. The van der Waals surface area contributed by atoms with Crippen molar-refractivity contribution in [1.82, 2.24) is 9.97 Å². The average Bonchev–Trinajstić information content (AvgIpc) is 2.91. The summed E-state index contributed by atoms with van der Waals surface area (Å²) in [4.78, 5) is 11.4. The Kier molecular flexibility index (Phi) is 2.74. The van der Waals surface area contributed by atoms with Gasteiger partial charge < -0.3 is 10.6 Å². The Morgan fingerprint density at radius 2 is 2.18 bits per heavy atom. The Balaban J connectivity index is 1.72. The molecule has 1 aromatic heterocycles. The maximum absolute atomic E-state index is 5.77. The number of nitrogens with two attached hydrogens (primary N) is 1. The quantitative estimate of drug-likeness (QED) is 0.855. The van der Waals surface area contributed by atoms with Crippen LogP contribution in [0.2, 0.25) is 0 Å². The van der Waals surface area contributed by atoms with Gasteiger partial charge in [-0.05, 0) is 44.1 Å². The molecule has 1 aliphatic carbocycles. The molecule has 1 saturated carbocycles. The predicted octanol–water partition coefficient (Wildman–Crippen LogP) is 1.35. The number of aromatic nitrogens is 2. The van der Waals surface area contributed by atoms with Crippen LogP contribution < -0.4 is 10.6 Å². The summed E-state index contributed by atoms with van der Waals surface area (Å²) < 4.78 is 0. The zero-order valence-corrected chi connectivity index (χ0v) is 10.3. The van der Waals surface area contributed by atoms with Gasteiger partial charge in [-0.2, -0.15) is 0 Å². The third-order valence-corrected chi connectivity index (χ3v) is 3.92. The van der Waals surface area contributed by atoms with E-state index < -0.39 is 0 Å².